The lowest BCUT2D eigenvalue weighted by atomic mass is 10.1. The number of nitrogens with zero attached hydrogens (tertiary/aromatic N) is 1. The average Bonchev–Trinajstić information content (AvgIpc) is 2.16. The number of benzene rings is 1. The Morgan fingerprint density at radius 2 is 2.33 bits per heavy atom. The summed E-state index contributed by atoms with van der Waals surface area (Å²) in [6.07, 6.45) is 0. The van der Waals surface area contributed by atoms with E-state index in [0.717, 1.165) is 6.07 Å². The summed E-state index contributed by atoms with van der Waals surface area (Å²) in [6.45, 7) is 0.0451. The number of nitro benzene ring substituents is 1. The minimum Gasteiger partial charge on any atom is -0.508 e. The summed E-state index contributed by atoms with van der Waals surface area (Å²) in [5, 5.41) is 19.7. The fourth-order valence-corrected chi connectivity index (χ4v) is 1.03. The molecule has 0 aliphatic heterocycles. The summed E-state index contributed by atoms with van der Waals surface area (Å²) in [5.41, 5.74) is 1.89. The first kappa shape index (κ1) is 11.3. The van der Waals surface area contributed by atoms with E-state index in [4.69, 9.17) is 0 Å². The van der Waals surface area contributed by atoms with Crippen molar-refractivity contribution in [1.29, 1.82) is 0 Å². The normalized spacial score (nSPS) is 10.3. The van der Waals surface area contributed by atoms with E-state index in [2.05, 4.69) is 10.3 Å². The Bertz CT molecular complexity index is 383. The van der Waals surface area contributed by atoms with E-state index in [9.17, 15) is 19.6 Å². The molecule has 0 spiro atoms. The van der Waals surface area contributed by atoms with E-state index >= 15 is 0 Å². The maximum atomic E-state index is 13.0. The van der Waals surface area contributed by atoms with Crippen LogP contribution in [0, 0.1) is 15.9 Å². The van der Waals surface area contributed by atoms with Gasteiger partial charge in [0, 0.05) is 24.2 Å². The van der Waals surface area contributed by atoms with Crippen molar-refractivity contribution in [2.45, 2.75) is 6.54 Å². The zero-order chi connectivity index (χ0) is 11.4. The van der Waals surface area contributed by atoms with Crippen LogP contribution in [0.25, 0.3) is 0 Å². The largest absolute Gasteiger partial charge is 0.508 e. The number of hydrogen-bond acceptors (Lipinski definition) is 5. The van der Waals surface area contributed by atoms with Crippen molar-refractivity contribution in [3.63, 3.8) is 0 Å². The van der Waals surface area contributed by atoms with Crippen LogP contribution >= 0.6 is 0 Å². The van der Waals surface area contributed by atoms with Gasteiger partial charge >= 0.3 is 5.69 Å². The number of phenolic OH excluding ortho intramolecular Hbond substituents is 1. The van der Waals surface area contributed by atoms with Gasteiger partial charge in [0.15, 0.2) is 0 Å². The predicted molar refractivity (Wildman–Crippen MR) is 48.6 cm³/mol. The molecule has 1 rings (SSSR count). The number of phenols is 1. The predicted octanol–water partition coefficient (Wildman–Crippen LogP) is 1.09. The third-order valence-electron chi connectivity index (χ3n) is 1.75. The zero-order valence-corrected chi connectivity index (χ0v) is 7.86. The van der Waals surface area contributed by atoms with Crippen LogP contribution in [0.1, 0.15) is 5.56 Å². The quantitative estimate of drug-likeness (QED) is 0.581. The van der Waals surface area contributed by atoms with Crippen molar-refractivity contribution < 1.29 is 19.3 Å². The fraction of sp³-hybridized carbons (Fsp3) is 0.250. The van der Waals surface area contributed by atoms with Gasteiger partial charge in [-0.1, -0.05) is 0 Å². The van der Waals surface area contributed by atoms with Crippen LogP contribution in [-0.2, 0) is 11.4 Å². The minimum absolute atomic E-state index is 0.0451. The van der Waals surface area contributed by atoms with Crippen molar-refractivity contribution in [2.24, 2.45) is 0 Å². The number of halogens is 1. The van der Waals surface area contributed by atoms with Crippen molar-refractivity contribution >= 4 is 5.69 Å². The summed E-state index contributed by atoms with van der Waals surface area (Å²) in [4.78, 5) is 14.0. The summed E-state index contributed by atoms with van der Waals surface area (Å²) in [5.74, 6) is -1.43. The van der Waals surface area contributed by atoms with Gasteiger partial charge in [-0.3, -0.25) is 10.1 Å². The highest BCUT2D eigenvalue weighted by atomic mass is 19.1. The van der Waals surface area contributed by atoms with Gasteiger partial charge in [0.05, 0.1) is 12.0 Å². The van der Waals surface area contributed by atoms with Gasteiger partial charge in [-0.25, -0.2) is 0 Å². The highest BCUT2D eigenvalue weighted by molar-refractivity contribution is 5.44. The first-order valence-corrected chi connectivity index (χ1v) is 3.98. The zero-order valence-electron chi connectivity index (χ0n) is 7.86. The molecule has 0 saturated carbocycles. The molecule has 0 amide bonds. The van der Waals surface area contributed by atoms with E-state index in [1.165, 1.54) is 7.11 Å². The Morgan fingerprint density at radius 1 is 1.67 bits per heavy atom. The Balaban J connectivity index is 3.06. The summed E-state index contributed by atoms with van der Waals surface area (Å²) >= 11 is 0. The maximum absolute atomic E-state index is 13.0. The van der Waals surface area contributed by atoms with Crippen molar-refractivity contribution in [3.8, 4) is 5.75 Å². The van der Waals surface area contributed by atoms with E-state index in [1.807, 2.05) is 0 Å². The van der Waals surface area contributed by atoms with Gasteiger partial charge in [-0.05, 0) is 0 Å². The molecular weight excluding hydrogens is 207 g/mol. The second-order valence-electron chi connectivity index (χ2n) is 2.71. The SMILES string of the molecule is CONCc1cc([N+](=O)[O-])c(F)cc1O. The Labute approximate surface area is 84.4 Å². The summed E-state index contributed by atoms with van der Waals surface area (Å²) in [6, 6.07) is 1.65. The van der Waals surface area contributed by atoms with Gasteiger partial charge in [-0.2, -0.15) is 9.87 Å². The molecule has 15 heavy (non-hydrogen) atoms. The van der Waals surface area contributed by atoms with Crippen LogP contribution < -0.4 is 5.48 Å². The highest BCUT2D eigenvalue weighted by Gasteiger charge is 2.17. The monoisotopic (exact) mass is 216 g/mol. The Kier molecular flexibility index (Phi) is 3.53. The van der Waals surface area contributed by atoms with Crippen molar-refractivity contribution in [2.75, 3.05) is 7.11 Å². The first-order valence-electron chi connectivity index (χ1n) is 3.98. The highest BCUT2D eigenvalue weighted by Crippen LogP contribution is 2.26. The molecule has 82 valence electrons. The third kappa shape index (κ3) is 2.61. The lowest BCUT2D eigenvalue weighted by molar-refractivity contribution is -0.387. The lowest BCUT2D eigenvalue weighted by Crippen LogP contribution is -2.11. The van der Waals surface area contributed by atoms with E-state index in [0.29, 0.717) is 6.07 Å². The number of aromatic hydroxyl groups is 1. The molecule has 1 aromatic rings. The van der Waals surface area contributed by atoms with Crippen LogP contribution in [0.3, 0.4) is 0 Å². The molecule has 7 heteroatoms. The standard InChI is InChI=1S/C8H9FN2O4/c1-15-10-4-5-2-7(11(13)14)6(9)3-8(5)12/h2-3,10,12H,4H2,1H3. The minimum atomic E-state index is -1.07. The average molecular weight is 216 g/mol. The van der Waals surface area contributed by atoms with Crippen molar-refractivity contribution in [3.05, 3.63) is 33.6 Å². The number of nitro groups is 1. The van der Waals surface area contributed by atoms with E-state index < -0.39 is 16.4 Å². The topological polar surface area (TPSA) is 84.6 Å². The maximum Gasteiger partial charge on any atom is 0.305 e. The molecule has 6 nitrogen and oxygen atoms in total. The molecule has 0 fully saturated rings. The second-order valence-corrected chi connectivity index (χ2v) is 2.71. The fourth-order valence-electron chi connectivity index (χ4n) is 1.03. The van der Waals surface area contributed by atoms with Crippen LogP contribution in [0.4, 0.5) is 10.1 Å². The lowest BCUT2D eigenvalue weighted by Gasteiger charge is -2.05. The van der Waals surface area contributed by atoms with Crippen molar-refractivity contribution in [1.82, 2.24) is 5.48 Å². The Morgan fingerprint density at radius 3 is 2.87 bits per heavy atom. The van der Waals surface area contributed by atoms with Crippen LogP contribution in [0.5, 0.6) is 5.75 Å². The summed E-state index contributed by atoms with van der Waals surface area (Å²) < 4.78 is 13.0. The van der Waals surface area contributed by atoms with E-state index in [1.54, 1.807) is 0 Å². The third-order valence-corrected chi connectivity index (χ3v) is 1.75. The number of hydroxylamine groups is 1. The molecule has 0 aliphatic carbocycles. The molecule has 1 aromatic carbocycles. The second kappa shape index (κ2) is 4.67. The van der Waals surface area contributed by atoms with Crippen LogP contribution in [0.2, 0.25) is 0 Å². The number of rotatable bonds is 4. The van der Waals surface area contributed by atoms with Crippen LogP contribution in [0.15, 0.2) is 12.1 Å². The number of nitrogens with one attached hydrogen (secondary N) is 1. The molecule has 0 saturated heterocycles. The van der Waals surface area contributed by atoms with Gasteiger partial charge in [0.2, 0.25) is 5.82 Å². The van der Waals surface area contributed by atoms with Gasteiger partial charge in [0.1, 0.15) is 5.75 Å². The smallest absolute Gasteiger partial charge is 0.305 e. The van der Waals surface area contributed by atoms with Gasteiger partial charge < -0.3 is 9.94 Å². The first-order chi connectivity index (χ1) is 7.06. The van der Waals surface area contributed by atoms with Crippen LogP contribution in [-0.4, -0.2) is 17.1 Å². The van der Waals surface area contributed by atoms with Gasteiger partial charge in [-0.15, -0.1) is 0 Å². The molecule has 2 N–H and O–H groups in total. The molecule has 0 radical (unpaired) electrons. The molecule has 0 atom stereocenters. The molecule has 0 bridgehead atoms. The van der Waals surface area contributed by atoms with Gasteiger partial charge in [0.25, 0.3) is 0 Å². The number of hydrogen-bond donors (Lipinski definition) is 2. The van der Waals surface area contributed by atoms with E-state index in [-0.39, 0.29) is 17.9 Å². The molecule has 0 aromatic heterocycles. The molecule has 0 aliphatic rings. The summed E-state index contributed by atoms with van der Waals surface area (Å²) in [7, 11) is 1.36. The Hall–Kier alpha value is -1.73. The molecule has 0 heterocycles. The molecule has 0 unspecified atom stereocenters. The molecular formula is C8H9FN2O4.